The Labute approximate surface area is 201 Å². The second-order valence-electron chi connectivity index (χ2n) is 8.80. The number of aromatic nitrogens is 5. The van der Waals surface area contributed by atoms with E-state index in [4.69, 9.17) is 0 Å². The topological polar surface area (TPSA) is 77.1 Å². The summed E-state index contributed by atoms with van der Waals surface area (Å²) in [7, 11) is 0. The Bertz CT molecular complexity index is 1370. The van der Waals surface area contributed by atoms with Crippen LogP contribution in [0.3, 0.4) is 0 Å². The molecule has 0 saturated heterocycles. The molecule has 1 aromatic carbocycles. The molecule has 0 radical (unpaired) electrons. The fourth-order valence-corrected chi connectivity index (χ4v) is 4.03. The highest BCUT2D eigenvalue weighted by Crippen LogP contribution is 2.33. The zero-order valence-corrected chi connectivity index (χ0v) is 20.2. The molecule has 0 fully saturated rings. The molecule has 0 saturated carbocycles. The molecule has 1 atom stereocenters. The van der Waals surface area contributed by atoms with Gasteiger partial charge in [0.25, 0.3) is 5.91 Å². The largest absolute Gasteiger partial charge is 0.433 e. The summed E-state index contributed by atoms with van der Waals surface area (Å²) in [6.07, 6.45) is -3.01. The maximum absolute atomic E-state index is 13.9. The molecule has 7 nitrogen and oxygen atoms in total. The smallest absolute Gasteiger partial charge is 0.344 e. The number of aryl methyl sites for hydroxylation is 1. The van der Waals surface area contributed by atoms with E-state index >= 15 is 0 Å². The summed E-state index contributed by atoms with van der Waals surface area (Å²) in [5.41, 5.74) is 2.29. The van der Waals surface area contributed by atoms with Crippen LogP contribution in [0.1, 0.15) is 72.7 Å². The van der Waals surface area contributed by atoms with Crippen molar-refractivity contribution in [3.63, 3.8) is 0 Å². The molecule has 35 heavy (non-hydrogen) atoms. The lowest BCUT2D eigenvalue weighted by molar-refractivity contribution is -0.142. The third-order valence-electron chi connectivity index (χ3n) is 6.08. The van der Waals surface area contributed by atoms with Gasteiger partial charge in [-0.15, -0.1) is 0 Å². The van der Waals surface area contributed by atoms with Crippen molar-refractivity contribution in [3.05, 3.63) is 70.8 Å². The second-order valence-corrected chi connectivity index (χ2v) is 8.80. The molecule has 4 aromatic rings. The van der Waals surface area contributed by atoms with E-state index in [1.165, 1.54) is 6.07 Å². The number of rotatable bonds is 6. The Morgan fingerprint density at radius 3 is 2.37 bits per heavy atom. The van der Waals surface area contributed by atoms with E-state index in [0.717, 1.165) is 22.9 Å². The summed E-state index contributed by atoms with van der Waals surface area (Å²) in [5.74, 6) is -0.300. The summed E-state index contributed by atoms with van der Waals surface area (Å²) in [4.78, 5) is 17.2. The van der Waals surface area contributed by atoms with Crippen molar-refractivity contribution < 1.29 is 18.0 Å². The molecule has 10 heteroatoms. The van der Waals surface area contributed by atoms with Crippen LogP contribution in [0.4, 0.5) is 13.2 Å². The van der Waals surface area contributed by atoms with Crippen LogP contribution in [0.25, 0.3) is 16.9 Å². The second kappa shape index (κ2) is 9.16. The summed E-state index contributed by atoms with van der Waals surface area (Å²) in [6.45, 7) is 10.4. The lowest BCUT2D eigenvalue weighted by Gasteiger charge is -2.13. The average Bonchev–Trinajstić information content (AvgIpc) is 3.41. The number of nitrogens with one attached hydrogen (secondary N) is 1. The summed E-state index contributed by atoms with van der Waals surface area (Å²) in [5, 5.41) is 11.0. The fourth-order valence-electron chi connectivity index (χ4n) is 4.03. The molecule has 1 amide bonds. The molecule has 0 aliphatic heterocycles. The van der Waals surface area contributed by atoms with Crippen molar-refractivity contribution in [2.75, 3.05) is 0 Å². The van der Waals surface area contributed by atoms with Gasteiger partial charge in [0.1, 0.15) is 0 Å². The van der Waals surface area contributed by atoms with Crippen molar-refractivity contribution >= 4 is 11.6 Å². The zero-order chi connectivity index (χ0) is 25.5. The van der Waals surface area contributed by atoms with Gasteiger partial charge in [0, 0.05) is 29.4 Å². The molecule has 4 rings (SSSR count). The number of carbonyl (C=O) groups excluding carboxylic acids is 1. The Kier molecular flexibility index (Phi) is 6.40. The summed E-state index contributed by atoms with van der Waals surface area (Å²) >= 11 is 0. The number of benzene rings is 1. The minimum atomic E-state index is -4.69. The molecule has 1 unspecified atom stereocenters. The third kappa shape index (κ3) is 4.78. The molecule has 0 aliphatic carbocycles. The van der Waals surface area contributed by atoms with E-state index in [1.54, 1.807) is 29.9 Å². The number of hydrogen-bond acceptors (Lipinski definition) is 4. The number of fused-ring (bicyclic) bond motifs is 1. The van der Waals surface area contributed by atoms with Crippen LogP contribution in [0, 0.1) is 6.92 Å². The number of alkyl halides is 3. The number of nitrogens with zero attached hydrogens (tertiary/aromatic N) is 5. The van der Waals surface area contributed by atoms with Crippen molar-refractivity contribution in [2.45, 2.75) is 59.3 Å². The minimum absolute atomic E-state index is 0.0597. The van der Waals surface area contributed by atoms with Gasteiger partial charge in [-0.3, -0.25) is 9.48 Å². The number of carbonyl (C=O) groups is 1. The molecule has 184 valence electrons. The first-order valence-electron chi connectivity index (χ1n) is 11.4. The standard InChI is InChI=1S/C25H27F3N6O/c1-6-33-16(5)19(13-29-33)15(4)30-24(35)21-12-23-31-20(11-22(25(26,27)28)34(23)32-21)18-9-7-17(8-10-18)14(2)3/h7-15H,6H2,1-5H3,(H,30,35). The summed E-state index contributed by atoms with van der Waals surface area (Å²) in [6, 6.07) is 9.06. The minimum Gasteiger partial charge on any atom is -0.344 e. The quantitative estimate of drug-likeness (QED) is 0.389. The molecule has 0 spiro atoms. The first-order valence-corrected chi connectivity index (χ1v) is 11.4. The highest BCUT2D eigenvalue weighted by molar-refractivity contribution is 5.93. The Morgan fingerprint density at radius 2 is 1.80 bits per heavy atom. The molecule has 1 N–H and O–H groups in total. The van der Waals surface area contributed by atoms with Crippen molar-refractivity contribution in [3.8, 4) is 11.3 Å². The Hall–Kier alpha value is -3.69. The van der Waals surface area contributed by atoms with Gasteiger partial charge in [0.2, 0.25) is 0 Å². The Balaban J connectivity index is 1.70. The van der Waals surface area contributed by atoms with E-state index in [9.17, 15) is 18.0 Å². The van der Waals surface area contributed by atoms with Crippen LogP contribution in [0.15, 0.2) is 42.6 Å². The van der Waals surface area contributed by atoms with Gasteiger partial charge in [0.05, 0.1) is 17.9 Å². The predicted octanol–water partition coefficient (Wildman–Crippen LogP) is 5.55. The zero-order valence-electron chi connectivity index (χ0n) is 20.2. The highest BCUT2D eigenvalue weighted by atomic mass is 19.4. The molecule has 3 aromatic heterocycles. The predicted molar refractivity (Wildman–Crippen MR) is 126 cm³/mol. The van der Waals surface area contributed by atoms with Crippen molar-refractivity contribution in [2.24, 2.45) is 0 Å². The first kappa shape index (κ1) is 24.4. The first-order chi connectivity index (χ1) is 16.5. The van der Waals surface area contributed by atoms with E-state index in [1.807, 2.05) is 39.8 Å². The van der Waals surface area contributed by atoms with Gasteiger partial charge < -0.3 is 5.32 Å². The number of halogens is 3. The third-order valence-corrected chi connectivity index (χ3v) is 6.08. The average molecular weight is 485 g/mol. The van der Waals surface area contributed by atoms with Crippen molar-refractivity contribution in [1.29, 1.82) is 0 Å². The maximum atomic E-state index is 13.9. The normalized spacial score (nSPS) is 12.9. The molecule has 0 aliphatic rings. The van der Waals surface area contributed by atoms with E-state index in [-0.39, 0.29) is 17.0 Å². The molecular weight excluding hydrogens is 457 g/mol. The SMILES string of the molecule is CCn1ncc(C(C)NC(=O)c2cc3nc(-c4ccc(C(C)C)cc4)cc(C(F)(F)F)n3n2)c1C. The van der Waals surface area contributed by atoms with Crippen LogP contribution in [-0.2, 0) is 12.7 Å². The fraction of sp³-hybridized carbons (Fsp3) is 0.360. The van der Waals surface area contributed by atoms with Gasteiger partial charge >= 0.3 is 6.18 Å². The van der Waals surface area contributed by atoms with Gasteiger partial charge in [-0.25, -0.2) is 9.50 Å². The Morgan fingerprint density at radius 1 is 1.11 bits per heavy atom. The molecular formula is C25H27F3N6O. The van der Waals surface area contributed by atoms with Crippen LogP contribution in [0.2, 0.25) is 0 Å². The van der Waals surface area contributed by atoms with Gasteiger partial charge in [-0.05, 0) is 38.3 Å². The summed E-state index contributed by atoms with van der Waals surface area (Å²) < 4.78 is 44.2. The molecule has 3 heterocycles. The van der Waals surface area contributed by atoms with Crippen LogP contribution in [-0.4, -0.2) is 30.3 Å². The van der Waals surface area contributed by atoms with Crippen LogP contribution in [0.5, 0.6) is 0 Å². The van der Waals surface area contributed by atoms with E-state index in [2.05, 4.69) is 20.5 Å². The highest BCUT2D eigenvalue weighted by Gasteiger charge is 2.35. The number of amides is 1. The van der Waals surface area contributed by atoms with Gasteiger partial charge in [-0.1, -0.05) is 38.1 Å². The van der Waals surface area contributed by atoms with Gasteiger partial charge in [0.15, 0.2) is 17.0 Å². The lowest BCUT2D eigenvalue weighted by atomic mass is 10.0. The van der Waals surface area contributed by atoms with E-state index in [0.29, 0.717) is 22.5 Å². The van der Waals surface area contributed by atoms with Gasteiger partial charge in [-0.2, -0.15) is 23.4 Å². The van der Waals surface area contributed by atoms with Crippen LogP contribution >= 0.6 is 0 Å². The maximum Gasteiger partial charge on any atom is 0.433 e. The van der Waals surface area contributed by atoms with Crippen molar-refractivity contribution in [1.82, 2.24) is 29.7 Å². The van der Waals surface area contributed by atoms with E-state index < -0.39 is 23.8 Å². The molecule has 0 bridgehead atoms. The number of hydrogen-bond donors (Lipinski definition) is 1. The monoisotopic (exact) mass is 484 g/mol. The van der Waals surface area contributed by atoms with Crippen LogP contribution < -0.4 is 5.32 Å². The lowest BCUT2D eigenvalue weighted by Crippen LogP contribution is -2.27.